The van der Waals surface area contributed by atoms with Crippen LogP contribution in [-0.2, 0) is 0 Å². The van der Waals surface area contributed by atoms with Gasteiger partial charge in [-0.3, -0.25) is 4.79 Å². The summed E-state index contributed by atoms with van der Waals surface area (Å²) in [5.41, 5.74) is 8.58. The fraction of sp³-hybridized carbons (Fsp3) is 0.562. The van der Waals surface area contributed by atoms with E-state index in [4.69, 9.17) is 5.73 Å². The van der Waals surface area contributed by atoms with Crippen molar-refractivity contribution in [1.29, 1.82) is 0 Å². The van der Waals surface area contributed by atoms with Gasteiger partial charge in [0.05, 0.1) is 0 Å². The minimum Gasteiger partial charge on any atom is -0.349 e. The predicted molar refractivity (Wildman–Crippen MR) is 80.3 cm³/mol. The average molecular weight is 262 g/mol. The Balaban J connectivity index is 2.88. The third kappa shape index (κ3) is 4.35. The molecular weight excluding hydrogens is 236 g/mol. The lowest BCUT2D eigenvalue weighted by molar-refractivity contribution is 0.0898. The number of carbonyl (C=O) groups excluding carboxylic acids is 1. The van der Waals surface area contributed by atoms with Gasteiger partial charge in [0.1, 0.15) is 0 Å². The summed E-state index contributed by atoms with van der Waals surface area (Å²) >= 11 is 0. The van der Waals surface area contributed by atoms with Gasteiger partial charge >= 0.3 is 0 Å². The molecule has 1 atom stereocenters. The molecule has 106 valence electrons. The molecule has 3 nitrogen and oxygen atoms in total. The standard InChI is InChI=1S/C16H26N2O/c1-11-6-7-13(12(2)10-11)15(19)18-14(8-9-17)16(3,4)5/h6-7,10,14H,8-9,17H2,1-5H3,(H,18,19). The Bertz CT molecular complexity index is 447. The van der Waals surface area contributed by atoms with Crippen LogP contribution in [0.25, 0.3) is 0 Å². The zero-order chi connectivity index (χ0) is 14.6. The van der Waals surface area contributed by atoms with Gasteiger partial charge in [-0.05, 0) is 43.9 Å². The molecular formula is C16H26N2O. The predicted octanol–water partition coefficient (Wildman–Crippen LogP) is 2.80. The summed E-state index contributed by atoms with van der Waals surface area (Å²) in [4.78, 5) is 12.4. The molecule has 1 unspecified atom stereocenters. The van der Waals surface area contributed by atoms with E-state index in [1.165, 1.54) is 5.56 Å². The van der Waals surface area contributed by atoms with Gasteiger partial charge < -0.3 is 11.1 Å². The molecule has 0 spiro atoms. The number of hydrogen-bond acceptors (Lipinski definition) is 2. The first-order valence-electron chi connectivity index (χ1n) is 6.84. The van der Waals surface area contributed by atoms with E-state index in [1.807, 2.05) is 32.0 Å². The van der Waals surface area contributed by atoms with Crippen LogP contribution in [0, 0.1) is 19.3 Å². The van der Waals surface area contributed by atoms with Crippen molar-refractivity contribution in [2.75, 3.05) is 6.54 Å². The summed E-state index contributed by atoms with van der Waals surface area (Å²) < 4.78 is 0. The molecule has 0 aliphatic rings. The van der Waals surface area contributed by atoms with E-state index >= 15 is 0 Å². The van der Waals surface area contributed by atoms with Gasteiger partial charge in [-0.2, -0.15) is 0 Å². The summed E-state index contributed by atoms with van der Waals surface area (Å²) in [6.07, 6.45) is 0.792. The summed E-state index contributed by atoms with van der Waals surface area (Å²) in [5.74, 6) is -0.00845. The molecule has 1 rings (SSSR count). The second-order valence-corrected chi connectivity index (χ2v) is 6.29. The molecule has 19 heavy (non-hydrogen) atoms. The summed E-state index contributed by atoms with van der Waals surface area (Å²) in [6.45, 7) is 10.9. The summed E-state index contributed by atoms with van der Waals surface area (Å²) in [5, 5.41) is 3.12. The molecule has 1 amide bonds. The van der Waals surface area contributed by atoms with E-state index in [9.17, 15) is 4.79 Å². The maximum atomic E-state index is 12.4. The number of rotatable bonds is 4. The Morgan fingerprint density at radius 3 is 2.42 bits per heavy atom. The van der Waals surface area contributed by atoms with Crippen LogP contribution in [0.15, 0.2) is 18.2 Å². The molecule has 0 saturated carbocycles. The second-order valence-electron chi connectivity index (χ2n) is 6.29. The second kappa shape index (κ2) is 6.20. The Hall–Kier alpha value is -1.35. The van der Waals surface area contributed by atoms with Crippen molar-refractivity contribution in [2.24, 2.45) is 11.1 Å². The topological polar surface area (TPSA) is 55.1 Å². The first-order valence-corrected chi connectivity index (χ1v) is 6.84. The number of aryl methyl sites for hydroxylation is 2. The summed E-state index contributed by atoms with van der Waals surface area (Å²) in [6, 6.07) is 5.98. The van der Waals surface area contributed by atoms with Gasteiger partial charge in [-0.25, -0.2) is 0 Å². The first kappa shape index (κ1) is 15.7. The molecule has 3 heteroatoms. The number of amides is 1. The number of benzene rings is 1. The lowest BCUT2D eigenvalue weighted by Gasteiger charge is -2.31. The van der Waals surface area contributed by atoms with Crippen LogP contribution in [-0.4, -0.2) is 18.5 Å². The monoisotopic (exact) mass is 262 g/mol. The van der Waals surface area contributed by atoms with Crippen molar-refractivity contribution in [1.82, 2.24) is 5.32 Å². The van der Waals surface area contributed by atoms with Crippen LogP contribution < -0.4 is 11.1 Å². The lowest BCUT2D eigenvalue weighted by atomic mass is 9.84. The van der Waals surface area contributed by atoms with E-state index in [0.29, 0.717) is 6.54 Å². The van der Waals surface area contributed by atoms with E-state index in [-0.39, 0.29) is 17.4 Å². The van der Waals surface area contributed by atoms with E-state index < -0.39 is 0 Å². The molecule has 0 aromatic heterocycles. The van der Waals surface area contributed by atoms with Crippen molar-refractivity contribution < 1.29 is 4.79 Å². The van der Waals surface area contributed by atoms with Gasteiger partial charge in [0.25, 0.3) is 5.91 Å². The zero-order valence-corrected chi connectivity index (χ0v) is 12.7. The third-order valence-electron chi connectivity index (χ3n) is 3.43. The minimum absolute atomic E-state index is 0.00757. The van der Waals surface area contributed by atoms with Crippen molar-refractivity contribution >= 4 is 5.91 Å². The van der Waals surface area contributed by atoms with Crippen molar-refractivity contribution in [2.45, 2.75) is 47.1 Å². The van der Waals surface area contributed by atoms with Gasteiger partial charge in [0, 0.05) is 11.6 Å². The Morgan fingerprint density at radius 2 is 1.95 bits per heavy atom. The quantitative estimate of drug-likeness (QED) is 0.876. The van der Waals surface area contributed by atoms with Crippen LogP contribution in [0.3, 0.4) is 0 Å². The molecule has 0 aliphatic heterocycles. The van der Waals surface area contributed by atoms with Gasteiger partial charge in [0.15, 0.2) is 0 Å². The van der Waals surface area contributed by atoms with Crippen molar-refractivity contribution in [3.63, 3.8) is 0 Å². The molecule has 0 bridgehead atoms. The molecule has 1 aromatic rings. The fourth-order valence-corrected chi connectivity index (χ4v) is 2.19. The van der Waals surface area contributed by atoms with Crippen LogP contribution in [0.4, 0.5) is 0 Å². The molecule has 0 saturated heterocycles. The Kier molecular flexibility index (Phi) is 5.12. The molecule has 0 fully saturated rings. The van der Waals surface area contributed by atoms with E-state index in [1.54, 1.807) is 0 Å². The number of nitrogens with two attached hydrogens (primary N) is 1. The highest BCUT2D eigenvalue weighted by atomic mass is 16.1. The van der Waals surface area contributed by atoms with Crippen LogP contribution in [0.5, 0.6) is 0 Å². The smallest absolute Gasteiger partial charge is 0.251 e. The van der Waals surface area contributed by atoms with Crippen LogP contribution >= 0.6 is 0 Å². The van der Waals surface area contributed by atoms with E-state index in [2.05, 4.69) is 26.1 Å². The van der Waals surface area contributed by atoms with Crippen molar-refractivity contribution in [3.8, 4) is 0 Å². The molecule has 3 N–H and O–H groups in total. The van der Waals surface area contributed by atoms with Gasteiger partial charge in [-0.15, -0.1) is 0 Å². The van der Waals surface area contributed by atoms with Crippen LogP contribution in [0.1, 0.15) is 48.7 Å². The van der Waals surface area contributed by atoms with Crippen LogP contribution in [0.2, 0.25) is 0 Å². The average Bonchev–Trinajstić information content (AvgIpc) is 2.26. The van der Waals surface area contributed by atoms with Gasteiger partial charge in [0.2, 0.25) is 0 Å². The number of hydrogen-bond donors (Lipinski definition) is 2. The third-order valence-corrected chi connectivity index (χ3v) is 3.43. The fourth-order valence-electron chi connectivity index (χ4n) is 2.19. The summed E-state index contributed by atoms with van der Waals surface area (Å²) in [7, 11) is 0. The Labute approximate surface area is 116 Å². The van der Waals surface area contributed by atoms with E-state index in [0.717, 1.165) is 17.5 Å². The molecule has 0 radical (unpaired) electrons. The normalized spacial score (nSPS) is 13.2. The highest BCUT2D eigenvalue weighted by Crippen LogP contribution is 2.22. The number of carbonyl (C=O) groups is 1. The maximum Gasteiger partial charge on any atom is 0.251 e. The zero-order valence-electron chi connectivity index (χ0n) is 12.7. The lowest BCUT2D eigenvalue weighted by Crippen LogP contribution is -2.45. The van der Waals surface area contributed by atoms with Crippen molar-refractivity contribution in [3.05, 3.63) is 34.9 Å². The molecule has 0 aliphatic carbocycles. The molecule has 0 heterocycles. The Morgan fingerprint density at radius 1 is 1.32 bits per heavy atom. The highest BCUT2D eigenvalue weighted by Gasteiger charge is 2.26. The largest absolute Gasteiger partial charge is 0.349 e. The molecule has 1 aromatic carbocycles. The van der Waals surface area contributed by atoms with Gasteiger partial charge in [-0.1, -0.05) is 38.5 Å². The first-order chi connectivity index (χ1) is 8.75. The highest BCUT2D eigenvalue weighted by molar-refractivity contribution is 5.95. The number of nitrogens with one attached hydrogen (secondary N) is 1. The minimum atomic E-state index is -0.00845. The SMILES string of the molecule is Cc1ccc(C(=O)NC(CCN)C(C)(C)C)c(C)c1. The maximum absolute atomic E-state index is 12.4.